The molecule has 2 atom stereocenters. The molecule has 1 nitrogen and oxygen atoms in total. The first-order valence-electron chi connectivity index (χ1n) is 19.3. The molecule has 0 aromatic heterocycles. The van der Waals surface area contributed by atoms with Crippen molar-refractivity contribution < 1.29 is 4.79 Å². The lowest BCUT2D eigenvalue weighted by atomic mass is 9.82. The van der Waals surface area contributed by atoms with Gasteiger partial charge in [-0.15, -0.1) is 0 Å². The van der Waals surface area contributed by atoms with Crippen molar-refractivity contribution >= 4 is 19.0 Å². The van der Waals surface area contributed by atoms with E-state index >= 15 is 0 Å². The maximum atomic E-state index is 13.9. The number of rotatable bonds is 9. The quantitative estimate of drug-likeness (QED) is 0.211. The topological polar surface area (TPSA) is 17.1 Å². The summed E-state index contributed by atoms with van der Waals surface area (Å²) < 4.78 is 0. The van der Waals surface area contributed by atoms with Crippen LogP contribution < -0.4 is 5.30 Å². The first-order valence-corrected chi connectivity index (χ1v) is 20.8. The number of hydrogen-bond donors (Lipinski definition) is 0. The first kappa shape index (κ1) is 34.6. The molecule has 0 N–H and O–H groups in total. The van der Waals surface area contributed by atoms with Gasteiger partial charge in [-0.05, 0) is 122 Å². The average molecular weight is 649 g/mol. The van der Waals surface area contributed by atoms with E-state index in [9.17, 15) is 4.79 Å². The molecule has 3 fully saturated rings. The van der Waals surface area contributed by atoms with Crippen LogP contribution in [-0.4, -0.2) is 17.1 Å². The maximum Gasteiger partial charge on any atom is 0.134 e. The normalized spacial score (nSPS) is 22.9. The van der Waals surface area contributed by atoms with E-state index in [1.165, 1.54) is 95.9 Å². The summed E-state index contributed by atoms with van der Waals surface area (Å²) in [7, 11) is -0.579. The summed E-state index contributed by atoms with van der Waals surface area (Å²) in [6, 6.07) is 21.6. The molecule has 2 saturated carbocycles. The summed E-state index contributed by atoms with van der Waals surface area (Å²) in [4.78, 5) is 13.9. The summed E-state index contributed by atoms with van der Waals surface area (Å²) in [6.45, 7) is 19.0. The first-order chi connectivity index (χ1) is 22.6. The lowest BCUT2D eigenvalue weighted by Gasteiger charge is -2.46. The Kier molecular flexibility index (Phi) is 10.8. The molecule has 2 aliphatic carbocycles. The molecule has 2 heteroatoms. The molecule has 3 aliphatic rings. The Bertz CT molecular complexity index is 1390. The third-order valence-corrected chi connectivity index (χ3v) is 15.7. The highest BCUT2D eigenvalue weighted by atomic mass is 31.1. The van der Waals surface area contributed by atoms with E-state index in [1.807, 2.05) is 0 Å². The lowest BCUT2D eigenvalue weighted by molar-refractivity contribution is -0.119. The monoisotopic (exact) mass is 648 g/mol. The molecule has 47 heavy (non-hydrogen) atoms. The molecule has 0 amide bonds. The number of carbonyl (C=O) groups excluding carboxylic acids is 1. The standard InChI is InChI=1S/C45H61OP/c1-28(2)35-20-13-21-36(29(3)4)43(35)39-24-15-25-40(44-37(30(5)6)22-14-23-38(44)31(7)8)45(39)47-41(32-16-9-10-17-32)26-34(46)27-42(47)33-18-11-12-19-33/h13-15,20-25,28-33,41-42H,9-12,16-19,26-27H2,1-8H3. The summed E-state index contributed by atoms with van der Waals surface area (Å²) in [5.41, 5.74) is 12.9. The molecule has 0 bridgehead atoms. The maximum absolute atomic E-state index is 13.9. The van der Waals surface area contributed by atoms with Crippen LogP contribution in [0.15, 0.2) is 54.6 Å². The molecule has 3 aromatic rings. The number of hydrogen-bond acceptors (Lipinski definition) is 1. The van der Waals surface area contributed by atoms with Gasteiger partial charge in [-0.2, -0.15) is 0 Å². The second-order valence-corrected chi connectivity index (χ2v) is 19.1. The van der Waals surface area contributed by atoms with Crippen molar-refractivity contribution in [1.29, 1.82) is 0 Å². The fourth-order valence-electron chi connectivity index (χ4n) is 9.75. The van der Waals surface area contributed by atoms with E-state index < -0.39 is 7.92 Å². The molecule has 2 unspecified atom stereocenters. The Balaban J connectivity index is 1.75. The Morgan fingerprint density at radius 3 is 1.15 bits per heavy atom. The minimum Gasteiger partial charge on any atom is -0.300 e. The van der Waals surface area contributed by atoms with E-state index in [1.54, 1.807) is 5.30 Å². The van der Waals surface area contributed by atoms with E-state index in [0.717, 1.165) is 12.8 Å². The minimum absolute atomic E-state index is 0.436. The molecule has 0 spiro atoms. The van der Waals surface area contributed by atoms with Gasteiger partial charge in [0.15, 0.2) is 0 Å². The number of ketones is 1. The van der Waals surface area contributed by atoms with Crippen LogP contribution in [0.4, 0.5) is 0 Å². The van der Waals surface area contributed by atoms with Crippen molar-refractivity contribution in [3.8, 4) is 22.3 Å². The van der Waals surface area contributed by atoms with Crippen LogP contribution in [0, 0.1) is 11.8 Å². The van der Waals surface area contributed by atoms with E-state index in [-0.39, 0.29) is 0 Å². The van der Waals surface area contributed by atoms with Crippen LogP contribution in [0.1, 0.15) is 166 Å². The fourth-order valence-corrected chi connectivity index (χ4v) is 14.1. The SMILES string of the molecule is CC(C)c1cccc(C(C)C)c1-c1cccc(-c2c(C(C)C)cccc2C(C)C)c1P1C(C2CCCC2)CC(=O)CC1C1CCCC1. The largest absolute Gasteiger partial charge is 0.300 e. The number of Topliss-reactive ketones (excluding diaryl/α,β-unsaturated/α-hetero) is 1. The zero-order valence-corrected chi connectivity index (χ0v) is 31.6. The van der Waals surface area contributed by atoms with E-state index in [0.29, 0.717) is 52.6 Å². The zero-order chi connectivity index (χ0) is 33.4. The van der Waals surface area contributed by atoms with Crippen molar-refractivity contribution in [2.24, 2.45) is 11.8 Å². The molecule has 0 radical (unpaired) electrons. The van der Waals surface area contributed by atoms with Crippen molar-refractivity contribution in [3.05, 3.63) is 76.9 Å². The van der Waals surface area contributed by atoms with Crippen LogP contribution in [0.5, 0.6) is 0 Å². The third kappa shape index (κ3) is 6.82. The number of carbonyl (C=O) groups is 1. The highest BCUT2D eigenvalue weighted by molar-refractivity contribution is 7.68. The van der Waals surface area contributed by atoms with Gasteiger partial charge in [0.1, 0.15) is 5.78 Å². The van der Waals surface area contributed by atoms with Gasteiger partial charge in [0.25, 0.3) is 0 Å². The Labute approximate surface area is 288 Å². The smallest absolute Gasteiger partial charge is 0.134 e. The van der Waals surface area contributed by atoms with E-state index in [4.69, 9.17) is 0 Å². The van der Waals surface area contributed by atoms with Gasteiger partial charge in [-0.25, -0.2) is 0 Å². The predicted octanol–water partition coefficient (Wildman–Crippen LogP) is 13.1. The second-order valence-electron chi connectivity index (χ2n) is 16.5. The molecule has 1 heterocycles. The van der Waals surface area contributed by atoms with Gasteiger partial charge >= 0.3 is 0 Å². The number of benzene rings is 3. The van der Waals surface area contributed by atoms with Crippen LogP contribution in [0.2, 0.25) is 0 Å². The Hall–Kier alpha value is -2.24. The minimum atomic E-state index is -0.579. The van der Waals surface area contributed by atoms with Crippen LogP contribution in [0.3, 0.4) is 0 Å². The predicted molar refractivity (Wildman–Crippen MR) is 206 cm³/mol. The van der Waals surface area contributed by atoms with Crippen molar-refractivity contribution in [3.63, 3.8) is 0 Å². The van der Waals surface area contributed by atoms with Crippen LogP contribution >= 0.6 is 7.92 Å². The summed E-state index contributed by atoms with van der Waals surface area (Å²) in [5.74, 6) is 3.68. The van der Waals surface area contributed by atoms with Crippen molar-refractivity contribution in [2.45, 2.75) is 155 Å². The molecule has 1 aliphatic heterocycles. The Morgan fingerprint density at radius 2 is 0.830 bits per heavy atom. The third-order valence-electron chi connectivity index (χ3n) is 12.1. The van der Waals surface area contributed by atoms with Gasteiger partial charge in [-0.3, -0.25) is 4.79 Å². The zero-order valence-electron chi connectivity index (χ0n) is 30.7. The van der Waals surface area contributed by atoms with E-state index in [2.05, 4.69) is 110 Å². The molecule has 252 valence electrons. The molecule has 1 saturated heterocycles. The summed E-state index contributed by atoms with van der Waals surface area (Å²) in [6.07, 6.45) is 12.2. The highest BCUT2D eigenvalue weighted by Gasteiger charge is 2.47. The van der Waals surface area contributed by atoms with Gasteiger partial charge in [0.2, 0.25) is 0 Å². The molecule has 6 rings (SSSR count). The van der Waals surface area contributed by atoms with Crippen molar-refractivity contribution in [1.82, 2.24) is 0 Å². The summed E-state index contributed by atoms with van der Waals surface area (Å²) >= 11 is 0. The second kappa shape index (κ2) is 14.7. The van der Waals surface area contributed by atoms with Gasteiger partial charge in [0.05, 0.1) is 0 Å². The van der Waals surface area contributed by atoms with Gasteiger partial charge in [0, 0.05) is 12.8 Å². The summed E-state index contributed by atoms with van der Waals surface area (Å²) in [5, 5.41) is 1.66. The van der Waals surface area contributed by atoms with Gasteiger partial charge in [-0.1, -0.05) is 144 Å². The molecular formula is C45H61OP. The van der Waals surface area contributed by atoms with Gasteiger partial charge < -0.3 is 0 Å². The Morgan fingerprint density at radius 1 is 0.511 bits per heavy atom. The van der Waals surface area contributed by atoms with Crippen LogP contribution in [-0.2, 0) is 4.79 Å². The average Bonchev–Trinajstić information content (AvgIpc) is 3.79. The van der Waals surface area contributed by atoms with Crippen LogP contribution in [0.25, 0.3) is 22.3 Å². The fraction of sp³-hybridized carbons (Fsp3) is 0.578. The van der Waals surface area contributed by atoms with Crippen molar-refractivity contribution in [2.75, 3.05) is 0 Å². The molecular weight excluding hydrogens is 587 g/mol. The molecule has 3 aromatic carbocycles. The lowest BCUT2D eigenvalue weighted by Crippen LogP contribution is -2.39. The highest BCUT2D eigenvalue weighted by Crippen LogP contribution is 2.63.